The summed E-state index contributed by atoms with van der Waals surface area (Å²) in [6.07, 6.45) is 0. The third-order valence-electron chi connectivity index (χ3n) is 5.06. The highest BCUT2D eigenvalue weighted by Crippen LogP contribution is 2.53. The highest BCUT2D eigenvalue weighted by atomic mass is 16.5. The van der Waals surface area contributed by atoms with Crippen LogP contribution >= 0.6 is 0 Å². The van der Waals surface area contributed by atoms with Gasteiger partial charge in [0, 0.05) is 16.8 Å². The lowest BCUT2D eigenvalue weighted by atomic mass is 9.79. The molecule has 2 N–H and O–H groups in total. The van der Waals surface area contributed by atoms with Gasteiger partial charge >= 0.3 is 5.97 Å². The number of ether oxygens (including phenoxy) is 1. The van der Waals surface area contributed by atoms with Crippen molar-refractivity contribution in [1.29, 1.82) is 0 Å². The van der Waals surface area contributed by atoms with Gasteiger partial charge in [0.2, 0.25) is 11.5 Å². The summed E-state index contributed by atoms with van der Waals surface area (Å²) in [4.78, 5) is 29.6. The molecule has 0 saturated carbocycles. The first kappa shape index (κ1) is 16.6. The maximum atomic E-state index is 12.8. The van der Waals surface area contributed by atoms with E-state index in [0.717, 1.165) is 5.56 Å². The molecule has 2 aromatic carbocycles. The van der Waals surface area contributed by atoms with E-state index in [9.17, 15) is 19.8 Å². The number of aliphatic imine (C=N–C) groups is 1. The van der Waals surface area contributed by atoms with E-state index in [1.807, 2.05) is 18.2 Å². The maximum Gasteiger partial charge on any atom is 0.318 e. The van der Waals surface area contributed by atoms with Crippen LogP contribution in [0, 0.1) is 5.92 Å². The minimum atomic E-state index is -2.39. The normalized spacial score (nSPS) is 29.1. The Morgan fingerprint density at radius 2 is 1.77 bits per heavy atom. The fourth-order valence-corrected chi connectivity index (χ4v) is 3.81. The average molecular weight is 351 g/mol. The van der Waals surface area contributed by atoms with E-state index >= 15 is 0 Å². The summed E-state index contributed by atoms with van der Waals surface area (Å²) in [5.41, 5.74) is -3.28. The summed E-state index contributed by atoms with van der Waals surface area (Å²) in [6, 6.07) is 15.4. The Kier molecular flexibility index (Phi) is 3.57. The molecule has 0 aromatic heterocycles. The second kappa shape index (κ2) is 5.59. The monoisotopic (exact) mass is 351 g/mol. The Labute approximate surface area is 149 Å². The highest BCUT2D eigenvalue weighted by molar-refractivity contribution is 6.18. The quantitative estimate of drug-likeness (QED) is 0.819. The molecule has 0 amide bonds. The van der Waals surface area contributed by atoms with Gasteiger partial charge in [0.25, 0.3) is 0 Å². The van der Waals surface area contributed by atoms with Crippen LogP contribution in [0.1, 0.15) is 28.4 Å². The van der Waals surface area contributed by atoms with Crippen molar-refractivity contribution in [2.75, 3.05) is 0 Å². The second-order valence-electron chi connectivity index (χ2n) is 6.59. The molecular formula is C20H17NO5. The van der Waals surface area contributed by atoms with Crippen LogP contribution in [0.25, 0.3) is 0 Å². The first-order valence-corrected chi connectivity index (χ1v) is 8.25. The number of Topliss-reactive ketones (excluding diaryl/α,β-unsaturated/α-hetero) is 1. The lowest BCUT2D eigenvalue weighted by Gasteiger charge is -2.31. The Hall–Kier alpha value is -2.83. The number of carbonyl (C=O) groups excluding carboxylic acids is 2. The molecule has 132 valence electrons. The predicted octanol–water partition coefficient (Wildman–Crippen LogP) is 1.59. The molecule has 2 aromatic rings. The van der Waals surface area contributed by atoms with Gasteiger partial charge < -0.3 is 14.9 Å². The van der Waals surface area contributed by atoms with E-state index in [1.54, 1.807) is 24.3 Å². The zero-order valence-electron chi connectivity index (χ0n) is 14.0. The Morgan fingerprint density at radius 1 is 1.12 bits per heavy atom. The Balaban J connectivity index is 1.68. The van der Waals surface area contributed by atoms with Crippen LogP contribution < -0.4 is 0 Å². The molecule has 26 heavy (non-hydrogen) atoms. The van der Waals surface area contributed by atoms with E-state index in [0.29, 0.717) is 0 Å². The third kappa shape index (κ3) is 2.03. The molecule has 3 atom stereocenters. The number of hydrogen-bond donors (Lipinski definition) is 2. The molecule has 0 fully saturated rings. The number of hydrogen-bond acceptors (Lipinski definition) is 6. The van der Waals surface area contributed by atoms with Crippen molar-refractivity contribution in [1.82, 2.24) is 0 Å². The van der Waals surface area contributed by atoms with E-state index < -0.39 is 29.0 Å². The number of carbonyl (C=O) groups is 2. The first-order chi connectivity index (χ1) is 12.4. The topological polar surface area (TPSA) is 96.2 Å². The van der Waals surface area contributed by atoms with Crippen LogP contribution in [0.2, 0.25) is 0 Å². The number of aliphatic hydroxyl groups is 2. The number of benzene rings is 2. The van der Waals surface area contributed by atoms with Gasteiger partial charge in [-0.3, -0.25) is 14.6 Å². The van der Waals surface area contributed by atoms with Gasteiger partial charge in [-0.05, 0) is 12.5 Å². The van der Waals surface area contributed by atoms with E-state index in [-0.39, 0.29) is 23.4 Å². The van der Waals surface area contributed by atoms with Crippen LogP contribution in [0.3, 0.4) is 0 Å². The molecular weight excluding hydrogens is 334 g/mol. The Morgan fingerprint density at radius 3 is 2.50 bits per heavy atom. The van der Waals surface area contributed by atoms with Crippen molar-refractivity contribution in [2.24, 2.45) is 10.9 Å². The molecule has 6 nitrogen and oxygen atoms in total. The van der Waals surface area contributed by atoms with Crippen molar-refractivity contribution in [3.63, 3.8) is 0 Å². The van der Waals surface area contributed by atoms with Crippen LogP contribution in [0.4, 0.5) is 0 Å². The van der Waals surface area contributed by atoms with Gasteiger partial charge in [0.15, 0.2) is 5.60 Å². The van der Waals surface area contributed by atoms with Crippen molar-refractivity contribution in [3.05, 3.63) is 71.3 Å². The van der Waals surface area contributed by atoms with E-state index in [4.69, 9.17) is 4.74 Å². The van der Waals surface area contributed by atoms with Crippen LogP contribution in [0.15, 0.2) is 59.6 Å². The van der Waals surface area contributed by atoms with Crippen LogP contribution in [-0.2, 0) is 21.9 Å². The fourth-order valence-electron chi connectivity index (χ4n) is 3.81. The lowest BCUT2D eigenvalue weighted by molar-refractivity contribution is -0.166. The molecule has 4 rings (SSSR count). The van der Waals surface area contributed by atoms with Crippen molar-refractivity contribution >= 4 is 17.5 Å². The summed E-state index contributed by atoms with van der Waals surface area (Å²) in [5, 5.41) is 22.2. The number of esters is 1. The molecule has 1 heterocycles. The molecule has 1 aliphatic carbocycles. The van der Waals surface area contributed by atoms with Crippen LogP contribution in [-0.4, -0.2) is 33.3 Å². The predicted molar refractivity (Wildman–Crippen MR) is 92.5 cm³/mol. The molecule has 0 saturated heterocycles. The second-order valence-corrected chi connectivity index (χ2v) is 6.59. The smallest absolute Gasteiger partial charge is 0.318 e. The lowest BCUT2D eigenvalue weighted by Crippen LogP contribution is -2.56. The fraction of sp³-hybridized carbons (Fsp3) is 0.250. The van der Waals surface area contributed by atoms with Gasteiger partial charge in [-0.15, -0.1) is 0 Å². The van der Waals surface area contributed by atoms with Gasteiger partial charge in [-0.1, -0.05) is 54.6 Å². The molecule has 1 unspecified atom stereocenters. The van der Waals surface area contributed by atoms with Gasteiger partial charge in [-0.25, -0.2) is 0 Å². The van der Waals surface area contributed by atoms with E-state index in [2.05, 4.69) is 4.99 Å². The minimum Gasteiger partial charge on any atom is -0.460 e. The van der Waals surface area contributed by atoms with Gasteiger partial charge in [0.05, 0.1) is 0 Å². The molecule has 2 aliphatic rings. The molecule has 0 bridgehead atoms. The summed E-state index contributed by atoms with van der Waals surface area (Å²) < 4.78 is 5.30. The number of ketones is 1. The molecule has 1 aliphatic heterocycles. The maximum absolute atomic E-state index is 12.8. The zero-order chi connectivity index (χ0) is 18.5. The summed E-state index contributed by atoms with van der Waals surface area (Å²) in [6.45, 7) is 1.50. The van der Waals surface area contributed by atoms with Crippen LogP contribution in [0.5, 0.6) is 0 Å². The zero-order valence-corrected chi connectivity index (χ0v) is 14.0. The highest BCUT2D eigenvalue weighted by Gasteiger charge is 2.72. The van der Waals surface area contributed by atoms with Gasteiger partial charge in [0.1, 0.15) is 12.5 Å². The summed E-state index contributed by atoms with van der Waals surface area (Å²) in [5.74, 6) is -2.89. The largest absolute Gasteiger partial charge is 0.460 e. The average Bonchev–Trinajstić information content (AvgIpc) is 2.95. The van der Waals surface area contributed by atoms with Crippen molar-refractivity contribution in [3.8, 4) is 0 Å². The standard InChI is InChI=1S/C20H17NO5/c1-12-16(18(23)26-11-13-7-3-2-4-8-13)19(24)17(22)14-9-5-6-10-15(14)20(19,25)21-12/h2-10,16,24-25H,11H2,1H3/t16?,19-,20+/m0/s1. The summed E-state index contributed by atoms with van der Waals surface area (Å²) >= 11 is 0. The Bertz CT molecular complexity index is 938. The summed E-state index contributed by atoms with van der Waals surface area (Å²) in [7, 11) is 0. The minimum absolute atomic E-state index is 0.000892. The first-order valence-electron chi connectivity index (χ1n) is 8.25. The number of fused-ring (bicyclic) bond motifs is 3. The number of rotatable bonds is 3. The molecule has 0 spiro atoms. The van der Waals surface area contributed by atoms with Crippen molar-refractivity contribution in [2.45, 2.75) is 24.9 Å². The van der Waals surface area contributed by atoms with E-state index in [1.165, 1.54) is 19.1 Å². The number of nitrogens with zero attached hydrogens (tertiary/aromatic N) is 1. The third-order valence-corrected chi connectivity index (χ3v) is 5.06. The van der Waals surface area contributed by atoms with Crippen molar-refractivity contribution < 1.29 is 24.5 Å². The SMILES string of the molecule is CC1=N[C@@]2(O)c3ccccc3C(=O)[C@@]2(O)C1C(=O)OCc1ccccc1. The van der Waals surface area contributed by atoms with Gasteiger partial charge in [-0.2, -0.15) is 0 Å². The molecule has 6 heteroatoms. The molecule has 0 radical (unpaired) electrons.